The topological polar surface area (TPSA) is 46.0 Å². The molecular formula is C10H16N2O. The van der Waals surface area contributed by atoms with Gasteiger partial charge in [0.25, 0.3) is 0 Å². The summed E-state index contributed by atoms with van der Waals surface area (Å²) in [7, 11) is 0. The zero-order valence-corrected chi connectivity index (χ0v) is 8.63. The molecule has 3 heteroatoms. The van der Waals surface area contributed by atoms with Gasteiger partial charge in [-0.05, 0) is 25.5 Å². The fourth-order valence-corrected chi connectivity index (χ4v) is 1.32. The number of nitrogens with zero attached hydrogens (tertiary/aromatic N) is 2. The highest BCUT2D eigenvalue weighted by molar-refractivity contribution is 5.27. The number of aromatic nitrogens is 2. The third-order valence-electron chi connectivity index (χ3n) is 2.23. The van der Waals surface area contributed by atoms with Crippen LogP contribution in [0.2, 0.25) is 0 Å². The van der Waals surface area contributed by atoms with Crippen LogP contribution in [0.25, 0.3) is 0 Å². The highest BCUT2D eigenvalue weighted by Crippen LogP contribution is 2.24. The zero-order valence-electron chi connectivity index (χ0n) is 8.63. The molecule has 0 unspecified atom stereocenters. The quantitative estimate of drug-likeness (QED) is 0.747. The van der Waals surface area contributed by atoms with Crippen molar-refractivity contribution in [3.8, 4) is 0 Å². The first kappa shape index (κ1) is 10.1. The van der Waals surface area contributed by atoms with Gasteiger partial charge in [-0.3, -0.25) is 0 Å². The van der Waals surface area contributed by atoms with E-state index >= 15 is 0 Å². The molecule has 0 aliphatic rings. The molecular weight excluding hydrogens is 164 g/mol. The molecule has 0 fully saturated rings. The predicted molar refractivity (Wildman–Crippen MR) is 51.6 cm³/mol. The molecule has 1 N–H and O–H groups in total. The molecule has 0 spiro atoms. The number of aliphatic hydroxyl groups excluding tert-OH is 1. The number of hydrogen-bond acceptors (Lipinski definition) is 3. The van der Waals surface area contributed by atoms with Crippen LogP contribution in [0.5, 0.6) is 0 Å². The maximum atomic E-state index is 9.21. The molecule has 0 amide bonds. The average molecular weight is 180 g/mol. The van der Waals surface area contributed by atoms with Crippen molar-refractivity contribution in [1.29, 1.82) is 0 Å². The summed E-state index contributed by atoms with van der Waals surface area (Å²) in [5.41, 5.74) is 2.62. The minimum Gasteiger partial charge on any atom is -0.395 e. The summed E-state index contributed by atoms with van der Waals surface area (Å²) in [4.78, 5) is 0. The van der Waals surface area contributed by atoms with Gasteiger partial charge >= 0.3 is 0 Å². The van der Waals surface area contributed by atoms with E-state index in [0.29, 0.717) is 0 Å². The van der Waals surface area contributed by atoms with E-state index in [4.69, 9.17) is 0 Å². The Morgan fingerprint density at radius 3 is 2.46 bits per heavy atom. The second-order valence-electron chi connectivity index (χ2n) is 4.03. The van der Waals surface area contributed by atoms with Crippen molar-refractivity contribution in [1.82, 2.24) is 10.2 Å². The van der Waals surface area contributed by atoms with E-state index in [1.165, 1.54) is 0 Å². The Balaban J connectivity index is 3.20. The highest BCUT2D eigenvalue weighted by Gasteiger charge is 2.22. The molecule has 1 aromatic rings. The summed E-state index contributed by atoms with van der Waals surface area (Å²) < 4.78 is 0. The van der Waals surface area contributed by atoms with Crippen LogP contribution in [-0.2, 0) is 5.41 Å². The highest BCUT2D eigenvalue weighted by atomic mass is 16.3. The lowest BCUT2D eigenvalue weighted by atomic mass is 9.85. The van der Waals surface area contributed by atoms with Gasteiger partial charge in [-0.2, -0.15) is 10.2 Å². The van der Waals surface area contributed by atoms with Crippen LogP contribution in [0.4, 0.5) is 0 Å². The maximum absolute atomic E-state index is 9.21. The van der Waals surface area contributed by atoms with Gasteiger partial charge in [0.05, 0.1) is 18.0 Å². The molecule has 1 aromatic heterocycles. The molecule has 0 aliphatic carbocycles. The Hall–Kier alpha value is -0.960. The molecule has 1 rings (SSSR count). The van der Waals surface area contributed by atoms with Gasteiger partial charge in [-0.25, -0.2) is 0 Å². The number of hydrogen-bond donors (Lipinski definition) is 1. The third-order valence-corrected chi connectivity index (χ3v) is 2.23. The van der Waals surface area contributed by atoms with Gasteiger partial charge in [0.2, 0.25) is 0 Å². The third kappa shape index (κ3) is 2.04. The lowest BCUT2D eigenvalue weighted by Crippen LogP contribution is -2.24. The van der Waals surface area contributed by atoms with Gasteiger partial charge in [0.15, 0.2) is 0 Å². The Kier molecular flexibility index (Phi) is 2.66. The lowest BCUT2D eigenvalue weighted by Gasteiger charge is -2.23. The summed E-state index contributed by atoms with van der Waals surface area (Å²) in [5.74, 6) is 0. The smallest absolute Gasteiger partial charge is 0.0638 e. The zero-order chi connectivity index (χ0) is 10.1. The van der Waals surface area contributed by atoms with Crippen molar-refractivity contribution < 1.29 is 5.11 Å². The Bertz CT molecular complexity index is 308. The van der Waals surface area contributed by atoms with Crippen molar-refractivity contribution in [2.24, 2.45) is 0 Å². The van der Waals surface area contributed by atoms with E-state index < -0.39 is 0 Å². The normalized spacial score (nSPS) is 11.8. The minimum absolute atomic E-state index is 0.124. The van der Waals surface area contributed by atoms with Gasteiger partial charge in [-0.1, -0.05) is 13.8 Å². The van der Waals surface area contributed by atoms with Crippen LogP contribution in [0.3, 0.4) is 0 Å². The van der Waals surface area contributed by atoms with Crippen molar-refractivity contribution in [2.75, 3.05) is 6.61 Å². The van der Waals surface area contributed by atoms with Crippen LogP contribution in [0.15, 0.2) is 6.07 Å². The first-order chi connectivity index (χ1) is 5.97. The molecule has 0 aromatic carbocycles. The second kappa shape index (κ2) is 3.42. The number of rotatable bonds is 2. The van der Waals surface area contributed by atoms with Gasteiger partial charge in [0, 0.05) is 5.41 Å². The largest absolute Gasteiger partial charge is 0.395 e. The summed E-state index contributed by atoms with van der Waals surface area (Å²) in [6, 6.07) is 1.98. The van der Waals surface area contributed by atoms with E-state index in [-0.39, 0.29) is 12.0 Å². The molecule has 0 saturated carbocycles. The molecule has 0 atom stereocenters. The van der Waals surface area contributed by atoms with Crippen LogP contribution in [0, 0.1) is 13.8 Å². The summed E-state index contributed by atoms with van der Waals surface area (Å²) in [5, 5.41) is 17.2. The van der Waals surface area contributed by atoms with Gasteiger partial charge in [-0.15, -0.1) is 0 Å². The minimum atomic E-state index is -0.231. The molecule has 0 saturated heterocycles. The molecule has 0 radical (unpaired) electrons. The predicted octanol–water partition coefficient (Wildman–Crippen LogP) is 1.36. The Morgan fingerprint density at radius 1 is 1.31 bits per heavy atom. The van der Waals surface area contributed by atoms with Crippen LogP contribution >= 0.6 is 0 Å². The van der Waals surface area contributed by atoms with E-state index in [1.807, 2.05) is 33.8 Å². The van der Waals surface area contributed by atoms with Crippen LogP contribution in [0.1, 0.15) is 30.8 Å². The lowest BCUT2D eigenvalue weighted by molar-refractivity contribution is 0.217. The fourth-order valence-electron chi connectivity index (χ4n) is 1.32. The molecule has 13 heavy (non-hydrogen) atoms. The average Bonchev–Trinajstić information content (AvgIpc) is 2.09. The summed E-state index contributed by atoms with van der Waals surface area (Å²) in [6.07, 6.45) is 0. The van der Waals surface area contributed by atoms with Crippen LogP contribution < -0.4 is 0 Å². The SMILES string of the molecule is Cc1cc(C(C)(C)CO)c(C)nn1. The first-order valence-corrected chi connectivity index (χ1v) is 4.39. The number of aliphatic hydroxyl groups is 1. The van der Waals surface area contributed by atoms with E-state index in [0.717, 1.165) is 17.0 Å². The molecule has 1 heterocycles. The molecule has 0 bridgehead atoms. The molecule has 72 valence electrons. The van der Waals surface area contributed by atoms with E-state index in [1.54, 1.807) is 0 Å². The second-order valence-corrected chi connectivity index (χ2v) is 4.03. The van der Waals surface area contributed by atoms with Crippen molar-refractivity contribution in [3.63, 3.8) is 0 Å². The Morgan fingerprint density at radius 2 is 1.92 bits per heavy atom. The van der Waals surface area contributed by atoms with Crippen molar-refractivity contribution in [3.05, 3.63) is 23.0 Å². The van der Waals surface area contributed by atoms with Gasteiger partial charge < -0.3 is 5.11 Å². The molecule has 3 nitrogen and oxygen atoms in total. The van der Waals surface area contributed by atoms with Crippen molar-refractivity contribution in [2.45, 2.75) is 33.1 Å². The monoisotopic (exact) mass is 180 g/mol. The van der Waals surface area contributed by atoms with E-state index in [2.05, 4.69) is 10.2 Å². The maximum Gasteiger partial charge on any atom is 0.0638 e. The summed E-state index contributed by atoms with van der Waals surface area (Å²) >= 11 is 0. The fraction of sp³-hybridized carbons (Fsp3) is 0.600. The number of aryl methyl sites for hydroxylation is 2. The first-order valence-electron chi connectivity index (χ1n) is 4.39. The standard InChI is InChI=1S/C10H16N2O/c1-7-5-9(8(2)12-11-7)10(3,4)6-13/h5,13H,6H2,1-4H3. The summed E-state index contributed by atoms with van der Waals surface area (Å²) in [6.45, 7) is 7.94. The molecule has 0 aliphatic heterocycles. The van der Waals surface area contributed by atoms with Crippen molar-refractivity contribution >= 4 is 0 Å². The van der Waals surface area contributed by atoms with Gasteiger partial charge in [0.1, 0.15) is 0 Å². The van der Waals surface area contributed by atoms with Crippen LogP contribution in [-0.4, -0.2) is 21.9 Å². The van der Waals surface area contributed by atoms with E-state index in [9.17, 15) is 5.11 Å². The Labute approximate surface area is 78.8 Å².